The number of hydrogen-bond donors (Lipinski definition) is 2. The van der Waals surface area contributed by atoms with Crippen LogP contribution in [0.1, 0.15) is 15.9 Å². The van der Waals surface area contributed by atoms with Gasteiger partial charge in [0.1, 0.15) is 4.90 Å². The molecule has 0 aliphatic heterocycles. The van der Waals surface area contributed by atoms with E-state index in [1.54, 1.807) is 13.0 Å². The highest BCUT2D eigenvalue weighted by Crippen LogP contribution is 2.24. The monoisotopic (exact) mass is 348 g/mol. The molecule has 0 spiro atoms. The Morgan fingerprint density at radius 3 is 2.74 bits per heavy atom. The molecule has 0 bridgehead atoms. The highest BCUT2D eigenvalue weighted by Gasteiger charge is 2.17. The van der Waals surface area contributed by atoms with Crippen molar-refractivity contribution in [1.82, 2.24) is 4.98 Å². The maximum atomic E-state index is 12.5. The van der Waals surface area contributed by atoms with Crippen molar-refractivity contribution < 1.29 is 18.3 Å². The van der Waals surface area contributed by atoms with Crippen LogP contribution in [0.3, 0.4) is 0 Å². The van der Waals surface area contributed by atoms with Crippen LogP contribution in [0.4, 0.5) is 5.69 Å². The zero-order valence-electron chi connectivity index (χ0n) is 12.0. The van der Waals surface area contributed by atoms with Crippen molar-refractivity contribution in [2.45, 2.75) is 11.8 Å². The molecule has 0 saturated heterocycles. The lowest BCUT2D eigenvalue weighted by Crippen LogP contribution is -2.14. The fraction of sp³-hybridized carbons (Fsp3) is 0.0667. The average molecular weight is 348 g/mol. The second-order valence-electron chi connectivity index (χ2n) is 4.92. The maximum absolute atomic E-state index is 12.5. The number of pyridine rings is 1. The highest BCUT2D eigenvalue weighted by atomic mass is 32.2. The minimum atomic E-state index is -3.79. The van der Waals surface area contributed by atoms with Gasteiger partial charge in [0.05, 0.1) is 21.5 Å². The summed E-state index contributed by atoms with van der Waals surface area (Å²) in [5.74, 6) is -1.06. The van der Waals surface area contributed by atoms with E-state index in [1.807, 2.05) is 11.4 Å². The topological polar surface area (TPSA) is 96.4 Å². The number of rotatable bonds is 4. The molecule has 0 atom stereocenters. The van der Waals surface area contributed by atoms with Gasteiger partial charge in [0, 0.05) is 6.20 Å². The predicted molar refractivity (Wildman–Crippen MR) is 88.6 cm³/mol. The predicted octanol–water partition coefficient (Wildman–Crippen LogP) is 3.10. The largest absolute Gasteiger partial charge is 0.478 e. The number of anilines is 1. The standard InChI is InChI=1S/C15H12N2O4S2/c1-9-6-10(15(18)19)2-3-12(9)17-23(20,21)11-7-14-13(16-8-11)4-5-22-14/h2-8,17H,1H3,(H,18,19). The molecule has 0 aliphatic carbocycles. The number of nitrogens with zero attached hydrogens (tertiary/aromatic N) is 1. The molecular formula is C15H12N2O4S2. The lowest BCUT2D eigenvalue weighted by Gasteiger charge is -2.11. The van der Waals surface area contributed by atoms with E-state index in [2.05, 4.69) is 9.71 Å². The van der Waals surface area contributed by atoms with Crippen LogP contribution in [-0.2, 0) is 10.0 Å². The van der Waals surface area contributed by atoms with E-state index in [4.69, 9.17) is 5.11 Å². The van der Waals surface area contributed by atoms with Gasteiger partial charge in [0.15, 0.2) is 0 Å². The van der Waals surface area contributed by atoms with Gasteiger partial charge in [-0.1, -0.05) is 0 Å². The fourth-order valence-corrected chi connectivity index (χ4v) is 4.05. The summed E-state index contributed by atoms with van der Waals surface area (Å²) < 4.78 is 28.2. The van der Waals surface area contributed by atoms with Gasteiger partial charge in [-0.25, -0.2) is 13.2 Å². The van der Waals surface area contributed by atoms with E-state index in [9.17, 15) is 13.2 Å². The summed E-state index contributed by atoms with van der Waals surface area (Å²) in [7, 11) is -3.79. The van der Waals surface area contributed by atoms with Crippen LogP contribution in [0.5, 0.6) is 0 Å². The fourth-order valence-electron chi connectivity index (χ4n) is 2.09. The van der Waals surface area contributed by atoms with Gasteiger partial charge in [0.2, 0.25) is 0 Å². The molecule has 0 unspecified atom stereocenters. The van der Waals surface area contributed by atoms with Gasteiger partial charge >= 0.3 is 5.97 Å². The molecule has 8 heteroatoms. The SMILES string of the molecule is Cc1cc(C(=O)O)ccc1NS(=O)(=O)c1cnc2ccsc2c1. The van der Waals surface area contributed by atoms with Crippen LogP contribution in [0.15, 0.2) is 46.8 Å². The Bertz CT molecular complexity index is 1010. The van der Waals surface area contributed by atoms with E-state index >= 15 is 0 Å². The number of hydrogen-bond acceptors (Lipinski definition) is 5. The zero-order valence-corrected chi connectivity index (χ0v) is 13.6. The molecule has 3 rings (SSSR count). The molecule has 0 amide bonds. The summed E-state index contributed by atoms with van der Waals surface area (Å²) in [4.78, 5) is 15.1. The Hall–Kier alpha value is -2.45. The van der Waals surface area contributed by atoms with E-state index in [0.717, 1.165) is 10.2 Å². The lowest BCUT2D eigenvalue weighted by molar-refractivity contribution is 0.0697. The smallest absolute Gasteiger partial charge is 0.335 e. The third-order valence-corrected chi connectivity index (χ3v) is 5.49. The van der Waals surface area contributed by atoms with Gasteiger partial charge in [-0.15, -0.1) is 11.3 Å². The molecule has 118 valence electrons. The summed E-state index contributed by atoms with van der Waals surface area (Å²) in [6.45, 7) is 1.64. The Balaban J connectivity index is 1.96. The number of sulfonamides is 1. The van der Waals surface area contributed by atoms with Gasteiger partial charge in [0.25, 0.3) is 10.0 Å². The van der Waals surface area contributed by atoms with Crippen molar-refractivity contribution in [1.29, 1.82) is 0 Å². The molecule has 2 N–H and O–H groups in total. The first kappa shape index (κ1) is 15.4. The summed E-state index contributed by atoms with van der Waals surface area (Å²) in [6, 6.07) is 7.59. The Morgan fingerprint density at radius 1 is 1.26 bits per heavy atom. The van der Waals surface area contributed by atoms with Crippen molar-refractivity contribution in [2.24, 2.45) is 0 Å². The number of aromatic nitrogens is 1. The quantitative estimate of drug-likeness (QED) is 0.755. The van der Waals surface area contributed by atoms with Crippen molar-refractivity contribution in [3.63, 3.8) is 0 Å². The van der Waals surface area contributed by atoms with Crippen molar-refractivity contribution in [2.75, 3.05) is 4.72 Å². The van der Waals surface area contributed by atoms with Crippen LogP contribution in [0.25, 0.3) is 10.2 Å². The molecule has 23 heavy (non-hydrogen) atoms. The van der Waals surface area contributed by atoms with Crippen LogP contribution < -0.4 is 4.72 Å². The molecule has 0 fully saturated rings. The van der Waals surface area contributed by atoms with E-state index in [0.29, 0.717) is 11.3 Å². The second-order valence-corrected chi connectivity index (χ2v) is 7.55. The highest BCUT2D eigenvalue weighted by molar-refractivity contribution is 7.92. The molecule has 2 heterocycles. The van der Waals surface area contributed by atoms with Gasteiger partial charge < -0.3 is 5.11 Å². The lowest BCUT2D eigenvalue weighted by atomic mass is 10.1. The molecule has 0 saturated carbocycles. The average Bonchev–Trinajstić information content (AvgIpc) is 2.96. The van der Waals surface area contributed by atoms with Crippen LogP contribution in [-0.4, -0.2) is 24.5 Å². The second kappa shape index (κ2) is 5.64. The van der Waals surface area contributed by atoms with Gasteiger partial charge in [-0.05, 0) is 48.2 Å². The number of aryl methyl sites for hydroxylation is 1. The normalized spacial score (nSPS) is 11.5. The van der Waals surface area contributed by atoms with E-state index < -0.39 is 16.0 Å². The maximum Gasteiger partial charge on any atom is 0.335 e. The minimum absolute atomic E-state index is 0.0640. The van der Waals surface area contributed by atoms with E-state index in [-0.39, 0.29) is 10.5 Å². The van der Waals surface area contributed by atoms with Gasteiger partial charge in [-0.3, -0.25) is 9.71 Å². The first-order valence-corrected chi connectivity index (χ1v) is 8.93. The Labute approximate surface area is 136 Å². The molecule has 0 aliphatic rings. The molecule has 0 radical (unpaired) electrons. The first-order chi connectivity index (χ1) is 10.9. The summed E-state index contributed by atoms with van der Waals surface area (Å²) in [5, 5.41) is 10.8. The number of carboxylic acids is 1. The number of benzene rings is 1. The van der Waals surface area contributed by atoms with E-state index in [1.165, 1.54) is 35.7 Å². The Kier molecular flexibility index (Phi) is 3.78. The molecular weight excluding hydrogens is 336 g/mol. The first-order valence-electron chi connectivity index (χ1n) is 6.57. The van der Waals surface area contributed by atoms with Crippen LogP contribution in [0.2, 0.25) is 0 Å². The number of nitrogens with one attached hydrogen (secondary N) is 1. The number of aromatic carboxylic acids is 1. The number of fused-ring (bicyclic) bond motifs is 1. The van der Waals surface area contributed by atoms with Crippen LogP contribution >= 0.6 is 11.3 Å². The number of carbonyl (C=O) groups is 1. The third kappa shape index (κ3) is 3.03. The minimum Gasteiger partial charge on any atom is -0.478 e. The van der Waals surface area contributed by atoms with Crippen molar-refractivity contribution >= 4 is 43.2 Å². The van der Waals surface area contributed by atoms with Crippen molar-refractivity contribution in [3.8, 4) is 0 Å². The third-order valence-electron chi connectivity index (χ3n) is 3.31. The molecule has 2 aromatic heterocycles. The molecule has 1 aromatic carbocycles. The Morgan fingerprint density at radius 2 is 2.04 bits per heavy atom. The summed E-state index contributed by atoms with van der Waals surface area (Å²) in [6.07, 6.45) is 1.30. The molecule has 3 aromatic rings. The van der Waals surface area contributed by atoms with Crippen LogP contribution in [0, 0.1) is 6.92 Å². The zero-order chi connectivity index (χ0) is 16.6. The summed E-state index contributed by atoms with van der Waals surface area (Å²) in [5.41, 5.74) is 1.71. The van der Waals surface area contributed by atoms with Crippen molar-refractivity contribution in [3.05, 3.63) is 53.0 Å². The van der Waals surface area contributed by atoms with Gasteiger partial charge in [-0.2, -0.15) is 0 Å². The number of thiophene rings is 1. The molecule has 6 nitrogen and oxygen atoms in total. The number of carboxylic acid groups (broad SMARTS) is 1. The summed E-state index contributed by atoms with van der Waals surface area (Å²) >= 11 is 1.41.